The third-order valence-corrected chi connectivity index (χ3v) is 3.42. The van der Waals surface area contributed by atoms with Crippen molar-refractivity contribution in [2.24, 2.45) is 0 Å². The molecule has 19 heavy (non-hydrogen) atoms. The summed E-state index contributed by atoms with van der Waals surface area (Å²) in [5, 5.41) is 3.62. The Bertz CT molecular complexity index is 530. The fourth-order valence-corrected chi connectivity index (χ4v) is 2.25. The lowest BCUT2D eigenvalue weighted by Crippen LogP contribution is -2.30. The number of benzene rings is 2. The van der Waals surface area contributed by atoms with Crippen LogP contribution in [0, 0.1) is 6.92 Å². The molecule has 1 N–H and O–H groups in total. The van der Waals surface area contributed by atoms with Gasteiger partial charge in [0.2, 0.25) is 0 Å². The molecule has 0 radical (unpaired) electrons. The van der Waals surface area contributed by atoms with E-state index < -0.39 is 0 Å². The molecule has 0 aliphatic rings. The van der Waals surface area contributed by atoms with Gasteiger partial charge in [-0.25, -0.2) is 0 Å². The fraction of sp³-hybridized carbons (Fsp3) is 0.222. The molecule has 0 fully saturated rings. The predicted molar refractivity (Wildman–Crippen MR) is 82.3 cm³/mol. The number of rotatable bonds is 5. The minimum absolute atomic E-state index is 0.204. The van der Waals surface area contributed by atoms with E-state index in [2.05, 4.69) is 80.3 Å². The normalized spacial score (nSPS) is 13.8. The molecule has 2 aromatic rings. The van der Waals surface area contributed by atoms with Gasteiger partial charge < -0.3 is 5.32 Å². The molecule has 1 heteroatoms. The molecule has 0 spiro atoms. The van der Waals surface area contributed by atoms with Crippen LogP contribution in [0.2, 0.25) is 0 Å². The lowest BCUT2D eigenvalue weighted by Gasteiger charge is -2.24. The molecule has 0 saturated heterocycles. The van der Waals surface area contributed by atoms with Crippen LogP contribution in [0.15, 0.2) is 67.3 Å². The third-order valence-electron chi connectivity index (χ3n) is 3.42. The smallest absolute Gasteiger partial charge is 0.0583 e. The summed E-state index contributed by atoms with van der Waals surface area (Å²) >= 11 is 0. The van der Waals surface area contributed by atoms with E-state index in [0.717, 1.165) is 0 Å². The van der Waals surface area contributed by atoms with E-state index in [4.69, 9.17) is 0 Å². The van der Waals surface area contributed by atoms with Crippen molar-refractivity contribution in [1.29, 1.82) is 0 Å². The minimum atomic E-state index is 0.204. The average Bonchev–Trinajstić information content (AvgIpc) is 2.46. The molecule has 2 aromatic carbocycles. The summed E-state index contributed by atoms with van der Waals surface area (Å²) in [5.74, 6) is 0. The topological polar surface area (TPSA) is 12.0 Å². The lowest BCUT2D eigenvalue weighted by atomic mass is 9.94. The molecule has 0 aliphatic heterocycles. The fourth-order valence-electron chi connectivity index (χ4n) is 2.25. The van der Waals surface area contributed by atoms with E-state index in [9.17, 15) is 0 Å². The molecule has 1 nitrogen and oxygen atoms in total. The Balaban J connectivity index is 2.40. The van der Waals surface area contributed by atoms with Crippen LogP contribution in [0.4, 0.5) is 0 Å². The molecule has 2 unspecified atom stereocenters. The maximum absolute atomic E-state index is 3.86. The van der Waals surface area contributed by atoms with Crippen LogP contribution >= 0.6 is 0 Å². The van der Waals surface area contributed by atoms with Crippen molar-refractivity contribution in [3.63, 3.8) is 0 Å². The Morgan fingerprint density at radius 2 is 1.63 bits per heavy atom. The Labute approximate surface area is 116 Å². The first-order valence-corrected chi connectivity index (χ1v) is 6.71. The maximum Gasteiger partial charge on any atom is 0.0583 e. The van der Waals surface area contributed by atoms with Gasteiger partial charge in [0.15, 0.2) is 0 Å². The van der Waals surface area contributed by atoms with Gasteiger partial charge in [0.25, 0.3) is 0 Å². The molecule has 98 valence electrons. The van der Waals surface area contributed by atoms with Crippen molar-refractivity contribution in [2.75, 3.05) is 0 Å². The van der Waals surface area contributed by atoms with Crippen LogP contribution in [0.3, 0.4) is 0 Å². The van der Waals surface area contributed by atoms with E-state index in [0.29, 0.717) is 0 Å². The van der Waals surface area contributed by atoms with Crippen LogP contribution in [-0.4, -0.2) is 6.04 Å². The Hall–Kier alpha value is -1.86. The molecule has 0 bridgehead atoms. The van der Waals surface area contributed by atoms with Gasteiger partial charge in [-0.2, -0.15) is 0 Å². The first kappa shape index (κ1) is 13.6. The Kier molecular flexibility index (Phi) is 4.53. The monoisotopic (exact) mass is 251 g/mol. The molecule has 0 aliphatic carbocycles. The van der Waals surface area contributed by atoms with Crippen molar-refractivity contribution < 1.29 is 0 Å². The molecular weight excluding hydrogens is 230 g/mol. The second-order valence-electron chi connectivity index (χ2n) is 4.89. The highest BCUT2D eigenvalue weighted by molar-refractivity contribution is 5.37. The summed E-state index contributed by atoms with van der Waals surface area (Å²) in [7, 11) is 0. The zero-order chi connectivity index (χ0) is 13.7. The van der Waals surface area contributed by atoms with E-state index in [1.54, 1.807) is 0 Å². The summed E-state index contributed by atoms with van der Waals surface area (Å²) in [5.41, 5.74) is 3.91. The van der Waals surface area contributed by atoms with Gasteiger partial charge in [0.05, 0.1) is 6.04 Å². The summed E-state index contributed by atoms with van der Waals surface area (Å²) in [6.07, 6.45) is 1.94. The summed E-state index contributed by atoms with van der Waals surface area (Å²) in [6, 6.07) is 19.6. The molecule has 0 saturated carbocycles. The van der Waals surface area contributed by atoms with Crippen molar-refractivity contribution in [3.05, 3.63) is 83.9 Å². The third kappa shape index (κ3) is 3.33. The average molecular weight is 251 g/mol. The van der Waals surface area contributed by atoms with E-state index in [1.807, 2.05) is 6.08 Å². The summed E-state index contributed by atoms with van der Waals surface area (Å²) in [6.45, 7) is 8.15. The van der Waals surface area contributed by atoms with E-state index >= 15 is 0 Å². The van der Waals surface area contributed by atoms with E-state index in [1.165, 1.54) is 16.7 Å². The van der Waals surface area contributed by atoms with Crippen LogP contribution < -0.4 is 5.32 Å². The van der Waals surface area contributed by atoms with Gasteiger partial charge in [-0.15, -0.1) is 6.58 Å². The Morgan fingerprint density at radius 3 is 2.26 bits per heavy atom. The van der Waals surface area contributed by atoms with Crippen molar-refractivity contribution in [2.45, 2.75) is 25.9 Å². The molecule has 2 atom stereocenters. The van der Waals surface area contributed by atoms with Crippen molar-refractivity contribution in [3.8, 4) is 0 Å². The first-order chi connectivity index (χ1) is 9.22. The highest BCUT2D eigenvalue weighted by atomic mass is 14.9. The SMILES string of the molecule is C=CC(C)NC(c1ccccc1)c1ccccc1C. The van der Waals surface area contributed by atoms with Gasteiger partial charge >= 0.3 is 0 Å². The first-order valence-electron chi connectivity index (χ1n) is 6.71. The molecular formula is C18H21N. The Morgan fingerprint density at radius 1 is 1.00 bits per heavy atom. The second-order valence-corrected chi connectivity index (χ2v) is 4.89. The maximum atomic E-state index is 3.86. The number of nitrogens with one attached hydrogen (secondary N) is 1. The van der Waals surface area contributed by atoms with Gasteiger partial charge in [0.1, 0.15) is 0 Å². The molecule has 0 heterocycles. The molecule has 0 aromatic heterocycles. The van der Waals surface area contributed by atoms with Crippen LogP contribution in [-0.2, 0) is 0 Å². The van der Waals surface area contributed by atoms with Crippen molar-refractivity contribution >= 4 is 0 Å². The minimum Gasteiger partial charge on any atom is -0.300 e. The predicted octanol–water partition coefficient (Wildman–Crippen LogP) is 4.25. The largest absolute Gasteiger partial charge is 0.300 e. The van der Waals surface area contributed by atoms with Crippen LogP contribution in [0.5, 0.6) is 0 Å². The van der Waals surface area contributed by atoms with E-state index in [-0.39, 0.29) is 12.1 Å². The standard InChI is InChI=1S/C18H21N/c1-4-15(3)19-18(16-11-6-5-7-12-16)17-13-9-8-10-14(17)2/h4-13,15,18-19H,1H2,2-3H3. The van der Waals surface area contributed by atoms with Crippen LogP contribution in [0.25, 0.3) is 0 Å². The summed E-state index contributed by atoms with van der Waals surface area (Å²) < 4.78 is 0. The van der Waals surface area contributed by atoms with Gasteiger partial charge in [0, 0.05) is 6.04 Å². The second kappa shape index (κ2) is 6.35. The van der Waals surface area contributed by atoms with Crippen molar-refractivity contribution in [1.82, 2.24) is 5.32 Å². The highest BCUT2D eigenvalue weighted by Gasteiger charge is 2.16. The number of hydrogen-bond acceptors (Lipinski definition) is 1. The number of aryl methyl sites for hydroxylation is 1. The number of hydrogen-bond donors (Lipinski definition) is 1. The van der Waals surface area contributed by atoms with Crippen LogP contribution in [0.1, 0.15) is 29.7 Å². The molecule has 0 amide bonds. The zero-order valence-electron chi connectivity index (χ0n) is 11.6. The van der Waals surface area contributed by atoms with Gasteiger partial charge in [-0.3, -0.25) is 0 Å². The summed E-state index contributed by atoms with van der Waals surface area (Å²) in [4.78, 5) is 0. The quantitative estimate of drug-likeness (QED) is 0.783. The lowest BCUT2D eigenvalue weighted by molar-refractivity contribution is 0.561. The van der Waals surface area contributed by atoms with Gasteiger partial charge in [-0.05, 0) is 30.5 Å². The highest BCUT2D eigenvalue weighted by Crippen LogP contribution is 2.25. The zero-order valence-corrected chi connectivity index (χ0v) is 11.6. The van der Waals surface area contributed by atoms with Gasteiger partial charge in [-0.1, -0.05) is 60.7 Å². The molecule has 2 rings (SSSR count).